The maximum Gasteiger partial charge on any atom is 0.233 e. The van der Waals surface area contributed by atoms with Crippen LogP contribution in [0.4, 0.5) is 0 Å². The summed E-state index contributed by atoms with van der Waals surface area (Å²) >= 11 is 1.40. The van der Waals surface area contributed by atoms with E-state index < -0.39 is 0 Å². The van der Waals surface area contributed by atoms with Gasteiger partial charge in [0.2, 0.25) is 5.91 Å². The number of aromatic nitrogens is 3. The second-order valence-corrected chi connectivity index (χ2v) is 5.88. The molecule has 6 heteroatoms. The van der Waals surface area contributed by atoms with Gasteiger partial charge < -0.3 is 4.90 Å². The Morgan fingerprint density at radius 2 is 1.91 bits per heavy atom. The van der Waals surface area contributed by atoms with Crippen LogP contribution in [0.15, 0.2) is 59.9 Å². The largest absolute Gasteiger partial charge is 0.341 e. The first kappa shape index (κ1) is 14.6. The van der Waals surface area contributed by atoms with Crippen molar-refractivity contribution >= 4 is 23.3 Å². The van der Waals surface area contributed by atoms with Crippen molar-refractivity contribution in [2.75, 3.05) is 12.8 Å². The Bertz CT molecular complexity index is 772. The molecule has 0 fully saturated rings. The molecule has 0 saturated carbocycles. The van der Waals surface area contributed by atoms with Gasteiger partial charge in [-0.25, -0.2) is 0 Å². The Balaban J connectivity index is 1.60. The van der Waals surface area contributed by atoms with E-state index in [1.807, 2.05) is 66.2 Å². The molecular weight excluding hydrogens is 296 g/mol. The van der Waals surface area contributed by atoms with Crippen LogP contribution >= 0.6 is 11.8 Å². The Hall–Kier alpha value is -2.34. The first-order valence-corrected chi connectivity index (χ1v) is 7.93. The Morgan fingerprint density at radius 3 is 2.73 bits per heavy atom. The molecule has 0 radical (unpaired) electrons. The van der Waals surface area contributed by atoms with E-state index >= 15 is 0 Å². The van der Waals surface area contributed by atoms with Crippen LogP contribution in [0.3, 0.4) is 0 Å². The van der Waals surface area contributed by atoms with E-state index in [9.17, 15) is 4.79 Å². The van der Waals surface area contributed by atoms with Crippen molar-refractivity contribution < 1.29 is 4.79 Å². The fourth-order valence-corrected chi connectivity index (χ4v) is 2.96. The van der Waals surface area contributed by atoms with Gasteiger partial charge >= 0.3 is 0 Å². The normalized spacial score (nSPS) is 10.8. The molecule has 3 aromatic rings. The smallest absolute Gasteiger partial charge is 0.233 e. The Kier molecular flexibility index (Phi) is 4.39. The molecule has 1 amide bonds. The topological polar surface area (TPSA) is 50.5 Å². The van der Waals surface area contributed by atoms with E-state index in [4.69, 9.17) is 0 Å². The number of pyridine rings is 1. The van der Waals surface area contributed by atoms with Crippen molar-refractivity contribution in [3.8, 4) is 0 Å². The lowest BCUT2D eigenvalue weighted by Gasteiger charge is -2.16. The van der Waals surface area contributed by atoms with Crippen LogP contribution in [0, 0.1) is 0 Å². The van der Waals surface area contributed by atoms with Gasteiger partial charge in [-0.2, -0.15) is 0 Å². The summed E-state index contributed by atoms with van der Waals surface area (Å²) in [4.78, 5) is 14.0. The van der Waals surface area contributed by atoms with Gasteiger partial charge in [0.1, 0.15) is 0 Å². The van der Waals surface area contributed by atoms with Gasteiger partial charge in [-0.1, -0.05) is 48.2 Å². The molecule has 0 saturated heterocycles. The summed E-state index contributed by atoms with van der Waals surface area (Å²) in [6.45, 7) is 0.612. The summed E-state index contributed by atoms with van der Waals surface area (Å²) in [5.74, 6) is 0.417. The average molecular weight is 312 g/mol. The highest BCUT2D eigenvalue weighted by molar-refractivity contribution is 7.99. The van der Waals surface area contributed by atoms with E-state index in [0.29, 0.717) is 12.3 Å². The van der Waals surface area contributed by atoms with E-state index in [0.717, 1.165) is 16.4 Å². The molecule has 0 unspecified atom stereocenters. The standard InChI is InChI=1S/C16H16N4OS/c1-19(11-13-7-3-2-4-8-13)15(21)12-22-16-18-17-14-9-5-6-10-20(14)16/h2-10H,11-12H2,1H3. The van der Waals surface area contributed by atoms with Crippen LogP contribution in [0.5, 0.6) is 0 Å². The van der Waals surface area contributed by atoms with Crippen molar-refractivity contribution in [1.82, 2.24) is 19.5 Å². The summed E-state index contributed by atoms with van der Waals surface area (Å²) in [5.41, 5.74) is 1.91. The highest BCUT2D eigenvalue weighted by atomic mass is 32.2. The highest BCUT2D eigenvalue weighted by Crippen LogP contribution is 2.17. The van der Waals surface area contributed by atoms with Gasteiger partial charge in [-0.05, 0) is 17.7 Å². The Labute approximate surface area is 133 Å². The zero-order valence-corrected chi connectivity index (χ0v) is 13.0. The molecule has 0 aliphatic carbocycles. The fourth-order valence-electron chi connectivity index (χ4n) is 2.10. The lowest BCUT2D eigenvalue weighted by Crippen LogP contribution is -2.27. The maximum absolute atomic E-state index is 12.2. The number of hydrogen-bond acceptors (Lipinski definition) is 4. The molecule has 22 heavy (non-hydrogen) atoms. The van der Waals surface area contributed by atoms with Crippen LogP contribution in [0.1, 0.15) is 5.56 Å². The number of rotatable bonds is 5. The van der Waals surface area contributed by atoms with Crippen molar-refractivity contribution in [2.45, 2.75) is 11.7 Å². The molecule has 0 N–H and O–H groups in total. The SMILES string of the molecule is CN(Cc1ccccc1)C(=O)CSc1nnc2ccccn12. The quantitative estimate of drug-likeness (QED) is 0.679. The van der Waals surface area contributed by atoms with Gasteiger partial charge in [0, 0.05) is 19.8 Å². The van der Waals surface area contributed by atoms with Gasteiger partial charge in [-0.15, -0.1) is 10.2 Å². The third-order valence-corrected chi connectivity index (χ3v) is 4.22. The van der Waals surface area contributed by atoms with Crippen LogP contribution in [0.25, 0.3) is 5.65 Å². The molecule has 112 valence electrons. The molecule has 0 atom stereocenters. The summed E-state index contributed by atoms with van der Waals surface area (Å²) < 4.78 is 1.88. The monoisotopic (exact) mass is 312 g/mol. The number of fused-ring (bicyclic) bond motifs is 1. The second kappa shape index (κ2) is 6.62. The number of carbonyl (C=O) groups is 1. The van der Waals surface area contributed by atoms with E-state index in [1.165, 1.54) is 11.8 Å². The Morgan fingerprint density at radius 1 is 1.14 bits per heavy atom. The number of amides is 1. The average Bonchev–Trinajstić information content (AvgIpc) is 2.97. The molecule has 1 aromatic carbocycles. The van der Waals surface area contributed by atoms with Crippen LogP contribution < -0.4 is 0 Å². The predicted molar refractivity (Wildman–Crippen MR) is 86.6 cm³/mol. The van der Waals surface area contributed by atoms with Gasteiger partial charge in [0.25, 0.3) is 0 Å². The lowest BCUT2D eigenvalue weighted by atomic mass is 10.2. The third kappa shape index (κ3) is 3.28. The predicted octanol–water partition coefficient (Wildman–Crippen LogP) is 2.48. The molecule has 3 rings (SSSR count). The van der Waals surface area contributed by atoms with Gasteiger partial charge in [0.05, 0.1) is 5.75 Å². The van der Waals surface area contributed by atoms with Crippen molar-refractivity contribution in [2.24, 2.45) is 0 Å². The van der Waals surface area contributed by atoms with Crippen molar-refractivity contribution in [1.29, 1.82) is 0 Å². The molecule has 0 aliphatic rings. The molecule has 2 aromatic heterocycles. The van der Waals surface area contributed by atoms with Gasteiger partial charge in [-0.3, -0.25) is 9.20 Å². The minimum Gasteiger partial charge on any atom is -0.341 e. The first-order valence-electron chi connectivity index (χ1n) is 6.94. The summed E-state index contributed by atoms with van der Waals surface area (Å²) in [6, 6.07) is 15.7. The minimum absolute atomic E-state index is 0.0709. The lowest BCUT2D eigenvalue weighted by molar-refractivity contribution is -0.127. The molecular formula is C16H16N4OS. The second-order valence-electron chi connectivity index (χ2n) is 4.94. The van der Waals surface area contributed by atoms with Crippen molar-refractivity contribution in [3.63, 3.8) is 0 Å². The zero-order valence-electron chi connectivity index (χ0n) is 12.2. The number of hydrogen-bond donors (Lipinski definition) is 0. The first-order chi connectivity index (χ1) is 10.7. The number of benzene rings is 1. The van der Waals surface area contributed by atoms with E-state index in [-0.39, 0.29) is 5.91 Å². The maximum atomic E-state index is 12.2. The number of nitrogens with zero attached hydrogens (tertiary/aromatic N) is 4. The molecule has 0 spiro atoms. The van der Waals surface area contributed by atoms with Crippen LogP contribution in [0.2, 0.25) is 0 Å². The highest BCUT2D eigenvalue weighted by Gasteiger charge is 2.12. The minimum atomic E-state index is 0.0709. The van der Waals surface area contributed by atoms with Crippen molar-refractivity contribution in [3.05, 3.63) is 60.3 Å². The van der Waals surface area contributed by atoms with Crippen LogP contribution in [-0.4, -0.2) is 38.2 Å². The molecule has 0 aliphatic heterocycles. The summed E-state index contributed by atoms with van der Waals surface area (Å²) in [7, 11) is 1.82. The fraction of sp³-hybridized carbons (Fsp3) is 0.188. The zero-order chi connectivity index (χ0) is 15.4. The van der Waals surface area contributed by atoms with E-state index in [1.54, 1.807) is 4.90 Å². The summed E-state index contributed by atoms with van der Waals surface area (Å²) in [6.07, 6.45) is 1.90. The summed E-state index contributed by atoms with van der Waals surface area (Å²) in [5, 5.41) is 8.93. The number of thioether (sulfide) groups is 1. The van der Waals surface area contributed by atoms with Crippen LogP contribution in [-0.2, 0) is 11.3 Å². The molecule has 5 nitrogen and oxygen atoms in total. The third-order valence-electron chi connectivity index (χ3n) is 3.30. The van der Waals surface area contributed by atoms with E-state index in [2.05, 4.69) is 10.2 Å². The molecule has 2 heterocycles. The van der Waals surface area contributed by atoms with Gasteiger partial charge in [0.15, 0.2) is 10.8 Å². The molecule has 0 bridgehead atoms. The number of carbonyl (C=O) groups excluding carboxylic acids is 1.